The first kappa shape index (κ1) is 19.2. The van der Waals surface area contributed by atoms with Crippen molar-refractivity contribution in [2.45, 2.75) is 26.3 Å². The number of hydrazine groups is 1. The van der Waals surface area contributed by atoms with Gasteiger partial charge in [-0.1, -0.05) is 19.1 Å². The third kappa shape index (κ3) is 5.72. The second-order valence-corrected chi connectivity index (χ2v) is 5.06. The van der Waals surface area contributed by atoms with E-state index < -0.39 is 18.2 Å². The molecule has 0 fully saturated rings. The number of alkyl halides is 3. The minimum atomic E-state index is -4.79. The van der Waals surface area contributed by atoms with Crippen LogP contribution < -0.4 is 10.2 Å². The fourth-order valence-corrected chi connectivity index (χ4v) is 1.92. The Morgan fingerprint density at radius 2 is 1.88 bits per heavy atom. The summed E-state index contributed by atoms with van der Waals surface area (Å²) in [6, 6.07) is 4.96. The average Bonchev–Trinajstić information content (AvgIpc) is 2.61. The van der Waals surface area contributed by atoms with Crippen LogP contribution in [0.5, 0.6) is 5.75 Å². The van der Waals surface area contributed by atoms with Crippen LogP contribution in [0.25, 0.3) is 0 Å². The van der Waals surface area contributed by atoms with Gasteiger partial charge in [-0.15, -0.1) is 13.2 Å². The van der Waals surface area contributed by atoms with Crippen molar-refractivity contribution in [3.63, 3.8) is 0 Å². The van der Waals surface area contributed by atoms with Crippen molar-refractivity contribution < 1.29 is 27.5 Å². The number of benzene rings is 1. The van der Waals surface area contributed by atoms with E-state index in [0.717, 1.165) is 17.1 Å². The van der Waals surface area contributed by atoms with E-state index in [9.17, 15) is 22.8 Å². The summed E-state index contributed by atoms with van der Waals surface area (Å²) in [5, 5.41) is 1.02. The molecule has 0 saturated heterocycles. The van der Waals surface area contributed by atoms with Crippen LogP contribution in [0.3, 0.4) is 0 Å². The summed E-state index contributed by atoms with van der Waals surface area (Å²) in [6.07, 6.45) is -0.678. The number of hydrogen-bond donors (Lipinski definition) is 1. The Kier molecular flexibility index (Phi) is 6.10. The van der Waals surface area contributed by atoms with Gasteiger partial charge in [0.25, 0.3) is 5.91 Å². The van der Waals surface area contributed by atoms with E-state index >= 15 is 0 Å². The Hall–Kier alpha value is -3.17. The molecule has 10 heteroatoms. The highest BCUT2D eigenvalue weighted by Gasteiger charge is 2.31. The molecule has 2 aromatic rings. The molecule has 138 valence electrons. The van der Waals surface area contributed by atoms with Gasteiger partial charge in [0, 0.05) is 18.8 Å². The maximum atomic E-state index is 12.5. The van der Waals surface area contributed by atoms with Gasteiger partial charge in [-0.05, 0) is 17.7 Å². The fraction of sp³-hybridized carbons (Fsp3) is 0.250. The van der Waals surface area contributed by atoms with Crippen molar-refractivity contribution >= 4 is 11.8 Å². The fourth-order valence-electron chi connectivity index (χ4n) is 1.92. The van der Waals surface area contributed by atoms with Crippen LogP contribution in [-0.4, -0.2) is 33.2 Å². The van der Waals surface area contributed by atoms with Crippen LogP contribution in [0, 0.1) is 0 Å². The molecular weight excluding hydrogens is 353 g/mol. The normalized spacial score (nSPS) is 10.9. The summed E-state index contributed by atoms with van der Waals surface area (Å²) < 4.78 is 40.4. The van der Waals surface area contributed by atoms with Crippen LogP contribution in [-0.2, 0) is 11.3 Å². The van der Waals surface area contributed by atoms with E-state index in [0.29, 0.717) is 5.56 Å². The minimum absolute atomic E-state index is 0.0147. The molecule has 0 spiro atoms. The molecule has 0 unspecified atom stereocenters. The number of ether oxygens (including phenoxy) is 1. The van der Waals surface area contributed by atoms with Gasteiger partial charge in [0.15, 0.2) is 0 Å². The van der Waals surface area contributed by atoms with Gasteiger partial charge < -0.3 is 4.74 Å². The lowest BCUT2D eigenvalue weighted by atomic mass is 10.2. The summed E-state index contributed by atoms with van der Waals surface area (Å²) >= 11 is 0. The molecule has 1 N–H and O–H groups in total. The molecule has 7 nitrogen and oxygen atoms in total. The predicted molar refractivity (Wildman–Crippen MR) is 83.5 cm³/mol. The number of hydrogen-bond acceptors (Lipinski definition) is 5. The first-order chi connectivity index (χ1) is 12.3. The average molecular weight is 368 g/mol. The maximum Gasteiger partial charge on any atom is 0.573 e. The van der Waals surface area contributed by atoms with E-state index in [1.807, 2.05) is 0 Å². The van der Waals surface area contributed by atoms with Crippen LogP contribution in [0.4, 0.5) is 13.2 Å². The molecule has 0 aliphatic carbocycles. The topological polar surface area (TPSA) is 84.4 Å². The van der Waals surface area contributed by atoms with E-state index in [4.69, 9.17) is 0 Å². The molecule has 1 aromatic carbocycles. The Morgan fingerprint density at radius 1 is 1.19 bits per heavy atom. The maximum absolute atomic E-state index is 12.5. The Labute approximate surface area is 146 Å². The standard InChI is InChI=1S/C16H15F3N4O3/c1-2-14(24)22-23(15(25)13-9-20-7-8-21-13)10-11-3-5-12(6-4-11)26-16(17,18)19/h3-9H,2,10H2,1H3,(H,22,24). The van der Waals surface area contributed by atoms with E-state index in [1.165, 1.54) is 30.7 Å². The van der Waals surface area contributed by atoms with Gasteiger partial charge in [-0.2, -0.15) is 0 Å². The lowest BCUT2D eigenvalue weighted by molar-refractivity contribution is -0.274. The zero-order chi connectivity index (χ0) is 19.2. The van der Waals surface area contributed by atoms with Gasteiger partial charge in [0.05, 0.1) is 12.7 Å². The van der Waals surface area contributed by atoms with Gasteiger partial charge in [0.1, 0.15) is 11.4 Å². The first-order valence-corrected chi connectivity index (χ1v) is 7.50. The largest absolute Gasteiger partial charge is 0.573 e. The van der Waals surface area contributed by atoms with Gasteiger partial charge in [0.2, 0.25) is 5.91 Å². The van der Waals surface area contributed by atoms with Crippen molar-refractivity contribution in [2.24, 2.45) is 0 Å². The van der Waals surface area contributed by atoms with Crippen molar-refractivity contribution in [2.75, 3.05) is 0 Å². The molecule has 0 atom stereocenters. The van der Waals surface area contributed by atoms with E-state index in [-0.39, 0.29) is 24.4 Å². The summed E-state index contributed by atoms with van der Waals surface area (Å²) in [7, 11) is 0. The molecule has 0 aliphatic heterocycles. The molecule has 2 rings (SSSR count). The summed E-state index contributed by atoms with van der Waals surface area (Å²) in [5.74, 6) is -1.39. The van der Waals surface area contributed by atoms with Gasteiger partial charge in [-0.25, -0.2) is 9.99 Å². The van der Waals surface area contributed by atoms with Crippen molar-refractivity contribution in [1.29, 1.82) is 0 Å². The van der Waals surface area contributed by atoms with Gasteiger partial charge >= 0.3 is 6.36 Å². The van der Waals surface area contributed by atoms with Crippen LogP contribution >= 0.6 is 0 Å². The number of carbonyl (C=O) groups excluding carboxylic acids is 2. The number of halogens is 3. The molecule has 0 radical (unpaired) electrons. The lowest BCUT2D eigenvalue weighted by Crippen LogP contribution is -2.45. The summed E-state index contributed by atoms with van der Waals surface area (Å²) in [6.45, 7) is 1.54. The number of aromatic nitrogens is 2. The van der Waals surface area contributed by atoms with Crippen LogP contribution in [0.2, 0.25) is 0 Å². The van der Waals surface area contributed by atoms with E-state index in [2.05, 4.69) is 20.1 Å². The summed E-state index contributed by atoms with van der Waals surface area (Å²) in [4.78, 5) is 31.8. The first-order valence-electron chi connectivity index (χ1n) is 7.50. The Balaban J connectivity index is 2.16. The molecule has 1 aromatic heterocycles. The van der Waals surface area contributed by atoms with Crippen molar-refractivity contribution in [3.8, 4) is 5.75 Å². The number of nitrogens with zero attached hydrogens (tertiary/aromatic N) is 3. The molecule has 26 heavy (non-hydrogen) atoms. The van der Waals surface area contributed by atoms with Crippen LogP contribution in [0.1, 0.15) is 29.4 Å². The minimum Gasteiger partial charge on any atom is -0.406 e. The third-order valence-corrected chi connectivity index (χ3v) is 3.11. The second kappa shape index (κ2) is 8.28. The highest BCUT2D eigenvalue weighted by molar-refractivity contribution is 5.93. The molecule has 2 amide bonds. The van der Waals surface area contributed by atoms with Crippen LogP contribution in [0.15, 0.2) is 42.9 Å². The lowest BCUT2D eigenvalue weighted by Gasteiger charge is -2.23. The Bertz CT molecular complexity index is 752. The third-order valence-electron chi connectivity index (χ3n) is 3.11. The predicted octanol–water partition coefficient (Wildman–Crippen LogP) is 2.46. The Morgan fingerprint density at radius 3 is 2.42 bits per heavy atom. The quantitative estimate of drug-likeness (QED) is 0.820. The number of amides is 2. The monoisotopic (exact) mass is 368 g/mol. The molecule has 1 heterocycles. The zero-order valence-electron chi connectivity index (χ0n) is 13.7. The molecule has 0 bridgehead atoms. The number of rotatable bonds is 5. The number of nitrogens with one attached hydrogen (secondary N) is 1. The zero-order valence-corrected chi connectivity index (χ0v) is 13.7. The van der Waals surface area contributed by atoms with Crippen molar-refractivity contribution in [3.05, 3.63) is 54.1 Å². The molecule has 0 saturated carbocycles. The van der Waals surface area contributed by atoms with Crippen molar-refractivity contribution in [1.82, 2.24) is 20.4 Å². The highest BCUT2D eigenvalue weighted by atomic mass is 19.4. The SMILES string of the molecule is CCC(=O)NN(Cc1ccc(OC(F)(F)F)cc1)C(=O)c1cnccn1. The number of carbonyl (C=O) groups is 2. The highest BCUT2D eigenvalue weighted by Crippen LogP contribution is 2.23. The molecular formula is C16H15F3N4O3. The summed E-state index contributed by atoms with van der Waals surface area (Å²) in [5.41, 5.74) is 2.93. The van der Waals surface area contributed by atoms with E-state index in [1.54, 1.807) is 6.92 Å². The smallest absolute Gasteiger partial charge is 0.406 e. The molecule has 0 aliphatic rings. The second-order valence-electron chi connectivity index (χ2n) is 5.06. The van der Waals surface area contributed by atoms with Gasteiger partial charge in [-0.3, -0.25) is 20.0 Å².